The van der Waals surface area contributed by atoms with Gasteiger partial charge in [0.15, 0.2) is 0 Å². The molecule has 0 aromatic heterocycles. The molecule has 0 heterocycles. The van der Waals surface area contributed by atoms with E-state index in [1.54, 1.807) is 0 Å². The van der Waals surface area contributed by atoms with Crippen molar-refractivity contribution in [1.29, 1.82) is 0 Å². The lowest BCUT2D eigenvalue weighted by Crippen LogP contribution is -2.30. The van der Waals surface area contributed by atoms with Crippen LogP contribution in [0.2, 0.25) is 0 Å². The van der Waals surface area contributed by atoms with Crippen LogP contribution in [0.4, 0.5) is 102 Å². The van der Waals surface area contributed by atoms with Crippen molar-refractivity contribution in [3.63, 3.8) is 0 Å². The number of nitrogens with two attached hydrogens (primary N) is 2. The summed E-state index contributed by atoms with van der Waals surface area (Å²) in [5.41, 5.74) is -10.3. The van der Waals surface area contributed by atoms with Crippen LogP contribution < -0.4 is 22.1 Å². The number of alkyl halides is 18. The van der Waals surface area contributed by atoms with Gasteiger partial charge >= 0.3 is 37.3 Å². The Morgan fingerprint density at radius 2 is 0.625 bits per heavy atom. The maximum Gasteiger partial charge on any atom is 0.482 e. The van der Waals surface area contributed by atoms with Gasteiger partial charge in [0.05, 0.1) is 45.0 Å². The lowest BCUT2D eigenvalue weighted by atomic mass is 9.90. The van der Waals surface area contributed by atoms with Gasteiger partial charge in [-0.1, -0.05) is 12.1 Å². The average molecular weight is 624 g/mol. The Balaban J connectivity index is 0.000000433. The van der Waals surface area contributed by atoms with Gasteiger partial charge in [-0.3, -0.25) is 10.6 Å². The highest BCUT2D eigenvalue weighted by Gasteiger charge is 2.57. The van der Waals surface area contributed by atoms with Gasteiger partial charge in [-0.05, 0) is 12.1 Å². The lowest BCUT2D eigenvalue weighted by molar-refractivity contribution is -0.182. The van der Waals surface area contributed by atoms with Crippen molar-refractivity contribution in [2.75, 3.05) is 22.1 Å². The normalized spacial score (nSPS) is 13.4. The van der Waals surface area contributed by atoms with Crippen LogP contribution in [0.1, 0.15) is 22.3 Å². The van der Waals surface area contributed by atoms with Gasteiger partial charge in [-0.25, -0.2) is 0 Å². The minimum absolute atomic E-state index is 0.688. The number of anilines is 4. The molecule has 0 atom stereocenters. The molecule has 0 radical (unpaired) electrons. The summed E-state index contributed by atoms with van der Waals surface area (Å²) < 4.78 is 225. The van der Waals surface area contributed by atoms with Gasteiger partial charge in [0, 0.05) is 0 Å². The number of para-hydroxylation sites is 2. The summed E-state index contributed by atoms with van der Waals surface area (Å²) in [6.07, 6.45) is -34.8. The molecule has 0 saturated heterocycles. The first-order valence-electron chi connectivity index (χ1n) is 9.31. The fourth-order valence-electron chi connectivity index (χ4n) is 2.95. The summed E-state index contributed by atoms with van der Waals surface area (Å²) in [5.74, 6) is 0. The number of nitrogens with one attached hydrogen (secondary N) is 2. The molecule has 0 unspecified atom stereocenters. The van der Waals surface area contributed by atoms with Crippen LogP contribution in [-0.2, 0) is 24.7 Å². The molecule has 2 aromatic rings. The van der Waals surface area contributed by atoms with Gasteiger partial charge in [0.2, 0.25) is 0 Å². The van der Waals surface area contributed by atoms with E-state index < -0.39 is 82.3 Å². The Labute approximate surface area is 208 Å². The van der Waals surface area contributed by atoms with E-state index in [0.29, 0.717) is 0 Å². The molecular weight excluding hydrogens is 614 g/mol. The minimum atomic E-state index is -6.45. The molecule has 2 aromatic carbocycles. The molecule has 0 aliphatic carbocycles. The predicted octanol–water partition coefficient (Wildman–Crippen LogP) is 8.48. The molecule has 0 saturated carbocycles. The Hall–Kier alpha value is -3.62. The molecule has 6 N–H and O–H groups in total. The molecule has 0 bridgehead atoms. The first kappa shape index (κ1) is 34.4. The third-order valence-corrected chi connectivity index (χ3v) is 4.19. The van der Waals surface area contributed by atoms with Crippen LogP contribution in [-0.4, -0.2) is 12.6 Å². The smallest absolute Gasteiger partial charge is 0.397 e. The van der Waals surface area contributed by atoms with Crippen molar-refractivity contribution >= 4 is 22.7 Å². The first-order valence-corrected chi connectivity index (χ1v) is 9.31. The van der Waals surface area contributed by atoms with E-state index in [1.165, 1.54) is 12.1 Å². The van der Waals surface area contributed by atoms with Gasteiger partial charge in [-0.15, -0.1) is 0 Å². The molecule has 228 valence electrons. The highest BCUT2D eigenvalue weighted by atomic mass is 19.4. The Morgan fingerprint density at radius 3 is 0.800 bits per heavy atom. The minimum Gasteiger partial charge on any atom is -0.397 e. The van der Waals surface area contributed by atoms with Gasteiger partial charge < -0.3 is 11.5 Å². The van der Waals surface area contributed by atoms with Crippen molar-refractivity contribution in [3.05, 3.63) is 46.5 Å². The predicted molar refractivity (Wildman–Crippen MR) is 101 cm³/mol. The molecule has 0 spiro atoms. The van der Waals surface area contributed by atoms with Gasteiger partial charge in [0.1, 0.15) is 0 Å². The van der Waals surface area contributed by atoms with E-state index in [1.807, 2.05) is 0 Å². The summed E-state index contributed by atoms with van der Waals surface area (Å²) in [6, 6.07) is 4.16. The number of halogens is 18. The molecule has 0 fully saturated rings. The SMILES string of the molecule is FC(F)(F)Nc1ccccc1NC(F)(F)F.Nc1c(N)c(C(F)(F)F)c(C(F)(F)F)c(C(F)(F)F)c1C(F)(F)F. The molecule has 0 amide bonds. The number of rotatable bonds is 2. The van der Waals surface area contributed by atoms with E-state index >= 15 is 0 Å². The van der Waals surface area contributed by atoms with Crippen molar-refractivity contribution in [2.24, 2.45) is 0 Å². The van der Waals surface area contributed by atoms with Gasteiger partial charge in [-0.2, -0.15) is 79.0 Å². The molecule has 0 aliphatic rings. The van der Waals surface area contributed by atoms with Crippen LogP contribution in [0.5, 0.6) is 0 Å². The topological polar surface area (TPSA) is 76.1 Å². The summed E-state index contributed by atoms with van der Waals surface area (Å²) in [6.45, 7) is 0. The quantitative estimate of drug-likeness (QED) is 0.154. The largest absolute Gasteiger partial charge is 0.482 e. The van der Waals surface area contributed by atoms with Crippen LogP contribution >= 0.6 is 0 Å². The van der Waals surface area contributed by atoms with Crippen LogP contribution in [0.3, 0.4) is 0 Å². The fourth-order valence-corrected chi connectivity index (χ4v) is 2.95. The van der Waals surface area contributed by atoms with Gasteiger partial charge in [0.25, 0.3) is 0 Å². The molecule has 2 rings (SSSR count). The Bertz CT molecular complexity index is 1090. The monoisotopic (exact) mass is 624 g/mol. The second-order valence-electron chi connectivity index (χ2n) is 7.11. The maximum absolute atomic E-state index is 12.8. The second-order valence-corrected chi connectivity index (χ2v) is 7.11. The second kappa shape index (κ2) is 10.7. The zero-order chi connectivity index (χ0) is 31.9. The molecule has 22 heteroatoms. The van der Waals surface area contributed by atoms with E-state index in [0.717, 1.165) is 22.8 Å². The van der Waals surface area contributed by atoms with E-state index in [9.17, 15) is 79.0 Å². The van der Waals surface area contributed by atoms with E-state index in [-0.39, 0.29) is 0 Å². The van der Waals surface area contributed by atoms with Crippen molar-refractivity contribution in [2.45, 2.75) is 37.3 Å². The summed E-state index contributed by atoms with van der Waals surface area (Å²) in [5, 5.41) is 2.02. The highest BCUT2D eigenvalue weighted by Crippen LogP contribution is 2.55. The summed E-state index contributed by atoms with van der Waals surface area (Å²) in [4.78, 5) is 0. The Kier molecular flexibility index (Phi) is 9.24. The molecule has 0 aliphatic heterocycles. The third-order valence-electron chi connectivity index (χ3n) is 4.19. The zero-order valence-electron chi connectivity index (χ0n) is 18.3. The number of benzene rings is 2. The Morgan fingerprint density at radius 1 is 0.400 bits per heavy atom. The summed E-state index contributed by atoms with van der Waals surface area (Å²) in [7, 11) is 0. The van der Waals surface area contributed by atoms with Crippen LogP contribution in [0, 0.1) is 0 Å². The number of hydrogen-bond acceptors (Lipinski definition) is 4. The molecular formula is C18H10F18N4. The van der Waals surface area contributed by atoms with Crippen molar-refractivity contribution in [3.8, 4) is 0 Å². The van der Waals surface area contributed by atoms with E-state index in [4.69, 9.17) is 0 Å². The molecule has 40 heavy (non-hydrogen) atoms. The van der Waals surface area contributed by atoms with E-state index in [2.05, 4.69) is 11.5 Å². The first-order chi connectivity index (χ1) is 17.5. The third kappa shape index (κ3) is 8.96. The van der Waals surface area contributed by atoms with Crippen LogP contribution in [0.15, 0.2) is 24.3 Å². The average Bonchev–Trinajstić information content (AvgIpc) is 2.65. The lowest BCUT2D eigenvalue weighted by Gasteiger charge is -2.27. The maximum atomic E-state index is 12.8. The highest BCUT2D eigenvalue weighted by molar-refractivity contribution is 5.78. The number of nitrogen functional groups attached to an aromatic ring is 2. The van der Waals surface area contributed by atoms with Crippen molar-refractivity contribution in [1.82, 2.24) is 0 Å². The molecule has 4 nitrogen and oxygen atoms in total. The summed E-state index contributed by atoms with van der Waals surface area (Å²) >= 11 is 0. The number of hydrogen-bond donors (Lipinski definition) is 4. The standard InChI is InChI=1S/C10H4F12N2.C8H6F6N2/c11-7(12,13)1-2(8(14,15)16)4(10(20,21)22)6(24)5(23)3(1)9(17,18)19;9-7(10,11)15-5-3-1-2-4-6(5)16-8(12,13)14/h23-24H2;1-4,15-16H. The fraction of sp³-hybridized carbons (Fsp3) is 0.333. The zero-order valence-corrected chi connectivity index (χ0v) is 18.3. The van der Waals surface area contributed by atoms with Crippen molar-refractivity contribution < 1.29 is 79.0 Å². The van der Waals surface area contributed by atoms with Crippen LogP contribution in [0.25, 0.3) is 0 Å².